The Bertz CT molecular complexity index is 1470. The molecular formula is C44H59NS. The Kier molecular flexibility index (Phi) is 9.26. The lowest BCUT2D eigenvalue weighted by atomic mass is 9.77. The lowest BCUT2D eigenvalue weighted by molar-refractivity contribution is 0.399. The highest BCUT2D eigenvalue weighted by atomic mass is 32.2. The van der Waals surface area contributed by atoms with Crippen LogP contribution >= 0.6 is 11.8 Å². The molecule has 5 rings (SSSR count). The van der Waals surface area contributed by atoms with E-state index < -0.39 is 0 Å². The number of allylic oxidation sites excluding steroid dienone is 2. The van der Waals surface area contributed by atoms with Crippen molar-refractivity contribution < 1.29 is 0 Å². The van der Waals surface area contributed by atoms with Crippen molar-refractivity contribution in [3.63, 3.8) is 0 Å². The Morgan fingerprint density at radius 1 is 0.652 bits per heavy atom. The molecule has 0 saturated heterocycles. The fourth-order valence-electron chi connectivity index (χ4n) is 6.83. The molecule has 2 heteroatoms. The van der Waals surface area contributed by atoms with E-state index >= 15 is 0 Å². The first-order valence-corrected chi connectivity index (χ1v) is 18.4. The zero-order valence-electron chi connectivity index (χ0n) is 31.3. The molecule has 1 heterocycles. The van der Waals surface area contributed by atoms with Crippen LogP contribution in [0.5, 0.6) is 0 Å². The minimum Gasteiger partial charge on any atom is -0.321 e. The van der Waals surface area contributed by atoms with Gasteiger partial charge in [0.15, 0.2) is 5.88 Å². The van der Waals surface area contributed by atoms with E-state index in [-0.39, 0.29) is 21.7 Å². The fraction of sp³-hybridized carbons (Fsp3) is 0.523. The van der Waals surface area contributed by atoms with Crippen LogP contribution in [-0.2, 0) is 21.7 Å². The molecule has 2 radical (unpaired) electrons. The van der Waals surface area contributed by atoms with Crippen molar-refractivity contribution in [2.45, 2.75) is 138 Å². The molecule has 0 bridgehead atoms. The highest BCUT2D eigenvalue weighted by Crippen LogP contribution is 2.54. The SMILES string of the molecule is CC(C)C1CCCC2=C1S[C]N2c1c(-c2cc(C(C)(C)C)cc(C(C)(C)C)c2)cccc1-c1cc(C(C)(C)C)cc(C(C)(C)C)c1. The molecule has 0 saturated carbocycles. The summed E-state index contributed by atoms with van der Waals surface area (Å²) in [7, 11) is 0. The maximum atomic E-state index is 3.88. The number of thioether (sulfide) groups is 1. The van der Waals surface area contributed by atoms with Gasteiger partial charge in [-0.1, -0.05) is 163 Å². The molecule has 1 aliphatic carbocycles. The third-order valence-corrected chi connectivity index (χ3v) is 11.1. The van der Waals surface area contributed by atoms with Crippen LogP contribution in [-0.4, -0.2) is 0 Å². The number of hydrogen-bond acceptors (Lipinski definition) is 2. The first kappa shape index (κ1) is 34.9. The molecule has 0 fully saturated rings. The Morgan fingerprint density at radius 2 is 1.07 bits per heavy atom. The Morgan fingerprint density at radius 3 is 1.43 bits per heavy atom. The second-order valence-corrected chi connectivity index (χ2v) is 19.2. The van der Waals surface area contributed by atoms with E-state index in [1.165, 1.54) is 68.7 Å². The van der Waals surface area contributed by atoms with E-state index in [1.807, 2.05) is 11.8 Å². The van der Waals surface area contributed by atoms with Gasteiger partial charge in [-0.15, -0.1) is 0 Å². The highest BCUT2D eigenvalue weighted by molar-refractivity contribution is 8.05. The van der Waals surface area contributed by atoms with Crippen molar-refractivity contribution in [1.29, 1.82) is 0 Å². The van der Waals surface area contributed by atoms with Crippen LogP contribution in [0.4, 0.5) is 5.69 Å². The number of para-hydroxylation sites is 1. The van der Waals surface area contributed by atoms with Crippen LogP contribution in [0, 0.1) is 17.7 Å². The van der Waals surface area contributed by atoms with Crippen molar-refractivity contribution in [2.24, 2.45) is 11.8 Å². The van der Waals surface area contributed by atoms with Gasteiger partial charge in [-0.2, -0.15) is 0 Å². The van der Waals surface area contributed by atoms with E-state index in [2.05, 4.69) is 162 Å². The normalized spacial score (nSPS) is 18.1. The summed E-state index contributed by atoms with van der Waals surface area (Å²) in [5.74, 6) is 5.11. The van der Waals surface area contributed by atoms with Crippen molar-refractivity contribution in [3.05, 3.63) is 93.3 Å². The molecule has 3 aromatic rings. The number of hydrogen-bond donors (Lipinski definition) is 0. The molecule has 0 amide bonds. The molecule has 0 aromatic heterocycles. The molecule has 1 nitrogen and oxygen atoms in total. The molecule has 1 aliphatic heterocycles. The Labute approximate surface area is 286 Å². The third kappa shape index (κ3) is 7.03. The maximum Gasteiger partial charge on any atom is 0.169 e. The van der Waals surface area contributed by atoms with Gasteiger partial charge >= 0.3 is 0 Å². The average molecular weight is 634 g/mol. The zero-order valence-corrected chi connectivity index (χ0v) is 32.1. The van der Waals surface area contributed by atoms with Gasteiger partial charge in [0.05, 0.1) is 5.69 Å². The summed E-state index contributed by atoms with van der Waals surface area (Å²) < 4.78 is 0. The number of rotatable bonds is 4. The monoisotopic (exact) mass is 633 g/mol. The van der Waals surface area contributed by atoms with Crippen molar-refractivity contribution in [3.8, 4) is 22.3 Å². The van der Waals surface area contributed by atoms with Crippen LogP contribution in [0.3, 0.4) is 0 Å². The van der Waals surface area contributed by atoms with Gasteiger partial charge in [-0.3, -0.25) is 0 Å². The topological polar surface area (TPSA) is 3.24 Å². The second kappa shape index (κ2) is 12.2. The zero-order chi connectivity index (χ0) is 34.0. The summed E-state index contributed by atoms with van der Waals surface area (Å²) in [5, 5.41) is 0. The standard InChI is InChI=1S/C44H59NS/c1-28(2)35-17-16-20-38-40(35)46-27-45(38)39-36(29-21-31(41(3,4)5)25-32(22-29)42(6,7)8)18-15-19-37(39)30-23-33(43(9,10)11)26-34(24-30)44(12,13)14/h15,18-19,21-26,28,35H,16-17,20H2,1-14H3. The molecule has 1 unspecified atom stereocenters. The molecule has 3 aromatic carbocycles. The van der Waals surface area contributed by atoms with Crippen LogP contribution < -0.4 is 4.90 Å². The summed E-state index contributed by atoms with van der Waals surface area (Å²) in [6.45, 7) is 32.8. The largest absolute Gasteiger partial charge is 0.321 e. The minimum atomic E-state index is 0.0434. The van der Waals surface area contributed by atoms with Crippen LogP contribution in [0.2, 0.25) is 0 Å². The van der Waals surface area contributed by atoms with Gasteiger partial charge in [0.25, 0.3) is 0 Å². The van der Waals surface area contributed by atoms with Gasteiger partial charge in [0.1, 0.15) is 0 Å². The average Bonchev–Trinajstić information content (AvgIpc) is 3.38. The number of anilines is 1. The maximum absolute atomic E-state index is 3.88. The van der Waals surface area contributed by atoms with Crippen LogP contribution in [0.25, 0.3) is 22.3 Å². The van der Waals surface area contributed by atoms with Crippen LogP contribution in [0.15, 0.2) is 65.2 Å². The van der Waals surface area contributed by atoms with E-state index in [4.69, 9.17) is 0 Å². The highest BCUT2D eigenvalue weighted by Gasteiger charge is 2.37. The first-order chi connectivity index (χ1) is 21.2. The van der Waals surface area contributed by atoms with E-state index in [1.54, 1.807) is 4.91 Å². The Hall–Kier alpha value is -2.45. The summed E-state index contributed by atoms with van der Waals surface area (Å²) in [5.41, 5.74) is 13.7. The van der Waals surface area contributed by atoms with E-state index in [0.29, 0.717) is 11.8 Å². The molecule has 46 heavy (non-hydrogen) atoms. The van der Waals surface area contributed by atoms with Gasteiger partial charge in [-0.25, -0.2) is 0 Å². The molecule has 0 N–H and O–H groups in total. The molecule has 1 atom stereocenters. The van der Waals surface area contributed by atoms with Gasteiger partial charge in [0, 0.05) is 21.7 Å². The fourth-order valence-corrected chi connectivity index (χ4v) is 8.07. The van der Waals surface area contributed by atoms with Gasteiger partial charge in [0.2, 0.25) is 0 Å². The summed E-state index contributed by atoms with van der Waals surface area (Å²) >= 11 is 1.86. The molecular weight excluding hydrogens is 575 g/mol. The van der Waals surface area contributed by atoms with Crippen molar-refractivity contribution in [1.82, 2.24) is 0 Å². The first-order valence-electron chi connectivity index (χ1n) is 17.6. The quantitative estimate of drug-likeness (QED) is 0.281. The predicted octanol–water partition coefficient (Wildman–Crippen LogP) is 13.4. The number of nitrogens with zero attached hydrogens (tertiary/aromatic N) is 1. The van der Waals surface area contributed by atoms with Crippen molar-refractivity contribution >= 4 is 17.4 Å². The Balaban J connectivity index is 1.86. The lowest BCUT2D eigenvalue weighted by Crippen LogP contribution is -2.22. The summed E-state index contributed by atoms with van der Waals surface area (Å²) in [6.07, 6.45) is 3.62. The van der Waals surface area contributed by atoms with Gasteiger partial charge in [-0.05, 0) is 86.1 Å². The summed E-state index contributed by atoms with van der Waals surface area (Å²) in [6, 6.07) is 21.7. The van der Waals surface area contributed by atoms with E-state index in [9.17, 15) is 0 Å². The van der Waals surface area contributed by atoms with Gasteiger partial charge < -0.3 is 4.90 Å². The minimum absolute atomic E-state index is 0.0434. The lowest BCUT2D eigenvalue weighted by Gasteiger charge is -2.33. The molecule has 0 spiro atoms. The molecule has 246 valence electrons. The van der Waals surface area contributed by atoms with Crippen LogP contribution in [0.1, 0.15) is 138 Å². The van der Waals surface area contributed by atoms with Crippen molar-refractivity contribution in [2.75, 3.05) is 4.90 Å². The number of benzene rings is 3. The smallest absolute Gasteiger partial charge is 0.169 e. The molecule has 2 aliphatic rings. The predicted molar refractivity (Wildman–Crippen MR) is 205 cm³/mol. The third-order valence-electron chi connectivity index (χ3n) is 10.1. The van der Waals surface area contributed by atoms with E-state index in [0.717, 1.165) is 6.42 Å². The second-order valence-electron chi connectivity index (χ2n) is 18.4. The summed E-state index contributed by atoms with van der Waals surface area (Å²) in [4.78, 5) is 4.03.